The molecule has 6 nitrogen and oxygen atoms in total. The molecule has 1 aliphatic rings. The minimum Gasteiger partial charge on any atom is -0.494 e. The molecule has 1 unspecified atom stereocenters. The van der Waals surface area contributed by atoms with Crippen molar-refractivity contribution < 1.29 is 4.74 Å². The molecule has 3 aromatic rings. The van der Waals surface area contributed by atoms with E-state index in [4.69, 9.17) is 4.74 Å². The van der Waals surface area contributed by atoms with Gasteiger partial charge < -0.3 is 10.1 Å². The van der Waals surface area contributed by atoms with E-state index >= 15 is 0 Å². The van der Waals surface area contributed by atoms with Gasteiger partial charge in [0.15, 0.2) is 0 Å². The van der Waals surface area contributed by atoms with Crippen LogP contribution >= 0.6 is 0 Å². The fourth-order valence-electron chi connectivity index (χ4n) is 2.97. The highest BCUT2D eigenvalue weighted by molar-refractivity contribution is 5.68. The molecule has 2 aromatic heterocycles. The molecule has 24 heavy (non-hydrogen) atoms. The Morgan fingerprint density at radius 1 is 1.33 bits per heavy atom. The molecule has 2 heterocycles. The van der Waals surface area contributed by atoms with Crippen LogP contribution in [0, 0.1) is 0 Å². The fraction of sp³-hybridized carbons (Fsp3) is 0.389. The Labute approximate surface area is 140 Å². The van der Waals surface area contributed by atoms with Gasteiger partial charge in [0.1, 0.15) is 12.1 Å². The van der Waals surface area contributed by atoms with E-state index in [1.165, 1.54) is 12.8 Å². The lowest BCUT2D eigenvalue weighted by Crippen LogP contribution is -2.11. The standard InChI is InChI=1S/C18H21N5O/c1-3-24-17-7-5-4-6-14(17)12(2)20-16-10-15(13-8-9-13)22-23-11-19-21-18(16)23/h4-7,10-13,20H,3,8-9H2,1-2H3. The van der Waals surface area contributed by atoms with E-state index in [0.29, 0.717) is 12.5 Å². The number of hydrogen-bond acceptors (Lipinski definition) is 5. The first-order chi connectivity index (χ1) is 11.8. The van der Waals surface area contributed by atoms with Gasteiger partial charge in [-0.05, 0) is 38.8 Å². The first-order valence-electron chi connectivity index (χ1n) is 8.45. The van der Waals surface area contributed by atoms with E-state index in [1.807, 2.05) is 25.1 Å². The number of ether oxygens (including phenoxy) is 1. The van der Waals surface area contributed by atoms with Crippen molar-refractivity contribution in [3.63, 3.8) is 0 Å². The van der Waals surface area contributed by atoms with Crippen LogP contribution in [0.4, 0.5) is 5.69 Å². The molecule has 1 atom stereocenters. The summed E-state index contributed by atoms with van der Waals surface area (Å²) in [4.78, 5) is 0. The van der Waals surface area contributed by atoms with Crippen molar-refractivity contribution in [3.05, 3.63) is 47.9 Å². The summed E-state index contributed by atoms with van der Waals surface area (Å²) in [6.45, 7) is 4.78. The van der Waals surface area contributed by atoms with Crippen molar-refractivity contribution in [3.8, 4) is 5.75 Å². The Morgan fingerprint density at radius 2 is 2.17 bits per heavy atom. The van der Waals surface area contributed by atoms with E-state index < -0.39 is 0 Å². The predicted molar refractivity (Wildman–Crippen MR) is 92.4 cm³/mol. The molecule has 0 amide bonds. The Morgan fingerprint density at radius 3 is 2.96 bits per heavy atom. The first kappa shape index (κ1) is 14.9. The van der Waals surface area contributed by atoms with Crippen LogP contribution in [-0.4, -0.2) is 26.4 Å². The normalized spacial score (nSPS) is 15.4. The molecule has 1 aliphatic carbocycles. The summed E-state index contributed by atoms with van der Waals surface area (Å²) < 4.78 is 7.52. The van der Waals surface area contributed by atoms with Gasteiger partial charge in [0.05, 0.1) is 24.0 Å². The van der Waals surface area contributed by atoms with E-state index in [2.05, 4.69) is 39.7 Å². The maximum Gasteiger partial charge on any atom is 0.200 e. The molecule has 124 valence electrons. The molecule has 1 aromatic carbocycles. The second-order valence-electron chi connectivity index (χ2n) is 6.19. The van der Waals surface area contributed by atoms with Crippen molar-refractivity contribution in [1.29, 1.82) is 0 Å². The van der Waals surface area contributed by atoms with Crippen LogP contribution in [-0.2, 0) is 0 Å². The number of benzene rings is 1. The van der Waals surface area contributed by atoms with Gasteiger partial charge >= 0.3 is 0 Å². The van der Waals surface area contributed by atoms with Crippen LogP contribution in [0.2, 0.25) is 0 Å². The Kier molecular flexibility index (Phi) is 3.80. The second kappa shape index (κ2) is 6.11. The van der Waals surface area contributed by atoms with Crippen molar-refractivity contribution >= 4 is 11.3 Å². The lowest BCUT2D eigenvalue weighted by atomic mass is 10.1. The SMILES string of the molecule is CCOc1ccccc1C(C)Nc1cc(C2CC2)nn2cnnc12. The van der Waals surface area contributed by atoms with Gasteiger partial charge in [-0.3, -0.25) is 0 Å². The van der Waals surface area contributed by atoms with Crippen molar-refractivity contribution in [2.45, 2.75) is 38.6 Å². The van der Waals surface area contributed by atoms with Crippen LogP contribution in [0.15, 0.2) is 36.7 Å². The zero-order chi connectivity index (χ0) is 16.5. The van der Waals surface area contributed by atoms with Gasteiger partial charge in [0.2, 0.25) is 5.65 Å². The minimum absolute atomic E-state index is 0.0858. The van der Waals surface area contributed by atoms with E-state index in [0.717, 1.165) is 28.3 Å². The third-order valence-corrected chi connectivity index (χ3v) is 4.34. The lowest BCUT2D eigenvalue weighted by molar-refractivity contribution is 0.335. The summed E-state index contributed by atoms with van der Waals surface area (Å²) in [5.41, 5.74) is 3.94. The maximum absolute atomic E-state index is 5.75. The average Bonchev–Trinajstić information content (AvgIpc) is 3.33. The van der Waals surface area contributed by atoms with Crippen LogP contribution in [0.3, 0.4) is 0 Å². The van der Waals surface area contributed by atoms with E-state index in [-0.39, 0.29) is 6.04 Å². The molecule has 0 bridgehead atoms. The first-order valence-corrected chi connectivity index (χ1v) is 8.45. The number of anilines is 1. The maximum atomic E-state index is 5.75. The molecule has 1 fully saturated rings. The van der Waals surface area contributed by atoms with Crippen LogP contribution in [0.1, 0.15) is 49.9 Å². The van der Waals surface area contributed by atoms with E-state index in [1.54, 1.807) is 10.8 Å². The molecule has 1 saturated carbocycles. The topological polar surface area (TPSA) is 64.3 Å². The third kappa shape index (κ3) is 2.79. The van der Waals surface area contributed by atoms with Crippen molar-refractivity contribution in [2.75, 3.05) is 11.9 Å². The molecular formula is C18H21N5O. The largest absolute Gasteiger partial charge is 0.494 e. The quantitative estimate of drug-likeness (QED) is 0.751. The van der Waals surface area contributed by atoms with Gasteiger partial charge in [0.25, 0.3) is 0 Å². The number of aromatic nitrogens is 4. The summed E-state index contributed by atoms with van der Waals surface area (Å²) in [5, 5.41) is 16.4. The molecular weight excluding hydrogens is 302 g/mol. The van der Waals surface area contributed by atoms with Gasteiger partial charge in [-0.1, -0.05) is 18.2 Å². The third-order valence-electron chi connectivity index (χ3n) is 4.34. The number of para-hydroxylation sites is 1. The number of nitrogens with one attached hydrogen (secondary N) is 1. The number of rotatable bonds is 6. The van der Waals surface area contributed by atoms with Gasteiger partial charge in [-0.25, -0.2) is 0 Å². The lowest BCUT2D eigenvalue weighted by Gasteiger charge is -2.19. The number of hydrogen-bond donors (Lipinski definition) is 1. The van der Waals surface area contributed by atoms with Crippen LogP contribution in [0.5, 0.6) is 5.75 Å². The Balaban J connectivity index is 1.67. The minimum atomic E-state index is 0.0858. The monoisotopic (exact) mass is 323 g/mol. The Hall–Kier alpha value is -2.63. The van der Waals surface area contributed by atoms with Crippen molar-refractivity contribution in [1.82, 2.24) is 19.8 Å². The molecule has 0 radical (unpaired) electrons. The zero-order valence-electron chi connectivity index (χ0n) is 13.9. The molecule has 4 rings (SSSR count). The molecule has 0 spiro atoms. The molecule has 0 saturated heterocycles. The highest BCUT2D eigenvalue weighted by Crippen LogP contribution is 2.40. The van der Waals surface area contributed by atoms with Gasteiger partial charge in [-0.2, -0.15) is 9.61 Å². The highest BCUT2D eigenvalue weighted by atomic mass is 16.5. The summed E-state index contributed by atoms with van der Waals surface area (Å²) in [7, 11) is 0. The molecule has 1 N–H and O–H groups in total. The van der Waals surface area contributed by atoms with Crippen molar-refractivity contribution in [2.24, 2.45) is 0 Å². The molecule has 6 heteroatoms. The van der Waals surface area contributed by atoms with Gasteiger partial charge in [0, 0.05) is 11.5 Å². The summed E-state index contributed by atoms with van der Waals surface area (Å²) in [6, 6.07) is 10.3. The summed E-state index contributed by atoms with van der Waals surface area (Å²) in [6.07, 6.45) is 4.08. The molecule has 0 aliphatic heterocycles. The number of fused-ring (bicyclic) bond motifs is 1. The Bertz CT molecular complexity index is 855. The van der Waals surface area contributed by atoms with Crippen LogP contribution < -0.4 is 10.1 Å². The summed E-state index contributed by atoms with van der Waals surface area (Å²) >= 11 is 0. The smallest absolute Gasteiger partial charge is 0.200 e. The zero-order valence-corrected chi connectivity index (χ0v) is 13.9. The summed E-state index contributed by atoms with van der Waals surface area (Å²) in [5.74, 6) is 1.48. The van der Waals surface area contributed by atoms with Gasteiger partial charge in [-0.15, -0.1) is 10.2 Å². The fourth-order valence-corrected chi connectivity index (χ4v) is 2.97. The average molecular weight is 323 g/mol. The second-order valence-corrected chi connectivity index (χ2v) is 6.19. The van der Waals surface area contributed by atoms with E-state index in [9.17, 15) is 0 Å². The number of nitrogens with zero attached hydrogens (tertiary/aromatic N) is 4. The highest BCUT2D eigenvalue weighted by Gasteiger charge is 2.27. The predicted octanol–water partition coefficient (Wildman–Crippen LogP) is 3.57. The van der Waals surface area contributed by atoms with Crippen LogP contribution in [0.25, 0.3) is 5.65 Å².